The van der Waals surface area contributed by atoms with Gasteiger partial charge in [-0.15, -0.1) is 0 Å². The van der Waals surface area contributed by atoms with Crippen molar-refractivity contribution in [3.8, 4) is 33.4 Å². The van der Waals surface area contributed by atoms with E-state index in [9.17, 15) is 0 Å². The molecular formula is C39H40Cl2Zr. The Morgan fingerprint density at radius 3 is 1.69 bits per heavy atom. The first-order valence-electron chi connectivity index (χ1n) is 14.4. The first-order valence-corrected chi connectivity index (χ1v) is 14.4. The Labute approximate surface area is 284 Å². The van der Waals surface area contributed by atoms with E-state index in [0.29, 0.717) is 0 Å². The normalized spacial score (nSPS) is 13.0. The molecule has 0 heterocycles. The molecule has 0 radical (unpaired) electrons. The van der Waals surface area contributed by atoms with Gasteiger partial charge in [-0.3, -0.25) is 0 Å². The van der Waals surface area contributed by atoms with E-state index in [4.69, 9.17) is 0 Å². The third kappa shape index (κ3) is 5.70. The van der Waals surface area contributed by atoms with Crippen molar-refractivity contribution in [3.05, 3.63) is 128 Å². The van der Waals surface area contributed by atoms with Gasteiger partial charge in [-0.1, -0.05) is 103 Å². The van der Waals surface area contributed by atoms with Crippen LogP contribution in [-0.2, 0) is 38.0 Å². The van der Waals surface area contributed by atoms with E-state index in [1.165, 1.54) is 89.0 Å². The van der Waals surface area contributed by atoms with E-state index >= 15 is 0 Å². The van der Waals surface area contributed by atoms with Gasteiger partial charge in [0.05, 0.1) is 0 Å². The van der Waals surface area contributed by atoms with Gasteiger partial charge in [0, 0.05) is 5.41 Å². The van der Waals surface area contributed by atoms with E-state index in [1.54, 1.807) is 0 Å². The average molecular weight is 671 g/mol. The number of rotatable bonds is 4. The molecular weight excluding hydrogens is 631 g/mol. The number of hydrogen-bond donors (Lipinski definition) is 0. The van der Waals surface area contributed by atoms with Crippen LogP contribution in [0.4, 0.5) is 0 Å². The topological polar surface area (TPSA) is 0 Å². The molecule has 0 N–H and O–H groups in total. The first-order chi connectivity index (χ1) is 18.6. The molecule has 3 heteroatoms. The summed E-state index contributed by atoms with van der Waals surface area (Å²) < 4.78 is 0. The van der Waals surface area contributed by atoms with Crippen LogP contribution in [0, 0.1) is 41.5 Å². The summed E-state index contributed by atoms with van der Waals surface area (Å²) in [6.07, 6.45) is 8.90. The summed E-state index contributed by atoms with van der Waals surface area (Å²) in [5.74, 6) is 0. The third-order valence-electron chi connectivity index (χ3n) is 9.19. The molecule has 0 saturated carbocycles. The van der Waals surface area contributed by atoms with Crippen LogP contribution in [0.2, 0.25) is 0 Å². The van der Waals surface area contributed by atoms with Crippen molar-refractivity contribution in [1.29, 1.82) is 0 Å². The van der Waals surface area contributed by atoms with Gasteiger partial charge in [-0.25, -0.2) is 0 Å². The van der Waals surface area contributed by atoms with Crippen LogP contribution in [0.3, 0.4) is 0 Å². The summed E-state index contributed by atoms with van der Waals surface area (Å²) in [5.41, 5.74) is 22.4. The number of benzene rings is 4. The molecule has 0 aromatic heterocycles. The molecule has 0 saturated heterocycles. The fourth-order valence-electron chi connectivity index (χ4n) is 7.67. The third-order valence-corrected chi connectivity index (χ3v) is 9.19. The van der Waals surface area contributed by atoms with Crippen LogP contribution in [-0.4, -0.2) is 0 Å². The maximum atomic E-state index is 2.47. The minimum Gasteiger partial charge on any atom is -1.00 e. The molecule has 2 aliphatic carbocycles. The number of aryl methyl sites for hydroxylation is 6. The van der Waals surface area contributed by atoms with Crippen molar-refractivity contribution in [2.45, 2.75) is 73.6 Å². The molecule has 214 valence electrons. The van der Waals surface area contributed by atoms with Gasteiger partial charge < -0.3 is 24.8 Å². The Hall–Kier alpha value is -2.18. The van der Waals surface area contributed by atoms with Crippen molar-refractivity contribution < 1.29 is 51.0 Å². The standard InChI is InChI=1S/C39H40.2ClH.Zr/c1-23-17-25(3)36(26(4)18-23)29-13-14-32-30(21-29)22-35-33(32)15-16-34(37-27(5)19-24(2)20-28(37)6)38(35)39(7,8)31-11-9-10-12-31;;;/h9-11,13-21H,12,22H2,1-8H3;2*1H;/q;;;+2/p-2. The number of allylic oxidation sites excluding steroid dienone is 4. The van der Waals surface area contributed by atoms with Crippen molar-refractivity contribution >= 4 is 0 Å². The van der Waals surface area contributed by atoms with Gasteiger partial charge >= 0.3 is 26.2 Å². The van der Waals surface area contributed by atoms with Crippen LogP contribution in [0.5, 0.6) is 0 Å². The van der Waals surface area contributed by atoms with Gasteiger partial charge in [0.25, 0.3) is 0 Å². The molecule has 0 bridgehead atoms. The molecule has 0 unspecified atom stereocenters. The smallest absolute Gasteiger partial charge is 1.00 e. The van der Waals surface area contributed by atoms with Gasteiger partial charge in [0.15, 0.2) is 0 Å². The van der Waals surface area contributed by atoms with E-state index < -0.39 is 0 Å². The molecule has 0 aliphatic heterocycles. The summed E-state index contributed by atoms with van der Waals surface area (Å²) in [6.45, 7) is 18.3. The van der Waals surface area contributed by atoms with E-state index in [-0.39, 0.29) is 56.4 Å². The second-order valence-corrected chi connectivity index (χ2v) is 12.6. The molecule has 0 atom stereocenters. The van der Waals surface area contributed by atoms with Crippen LogP contribution < -0.4 is 24.8 Å². The Morgan fingerprint density at radius 1 is 0.619 bits per heavy atom. The number of halogens is 2. The minimum absolute atomic E-state index is 0. The summed E-state index contributed by atoms with van der Waals surface area (Å²) >= 11 is 0. The van der Waals surface area contributed by atoms with Crippen LogP contribution in [0.25, 0.3) is 33.4 Å². The van der Waals surface area contributed by atoms with E-state index in [0.717, 1.165) is 12.8 Å². The summed E-state index contributed by atoms with van der Waals surface area (Å²) in [6, 6.07) is 21.3. The molecule has 4 aromatic carbocycles. The van der Waals surface area contributed by atoms with Crippen LogP contribution in [0.15, 0.2) is 78.4 Å². The predicted octanol–water partition coefficient (Wildman–Crippen LogP) is 4.61. The number of fused-ring (bicyclic) bond motifs is 3. The van der Waals surface area contributed by atoms with Crippen molar-refractivity contribution in [2.24, 2.45) is 0 Å². The van der Waals surface area contributed by atoms with E-state index in [1.807, 2.05) is 0 Å². The molecule has 0 spiro atoms. The number of hydrogen-bond acceptors (Lipinski definition) is 0. The monoisotopic (exact) mass is 668 g/mol. The maximum absolute atomic E-state index is 2.47. The van der Waals surface area contributed by atoms with Gasteiger partial charge in [0.1, 0.15) is 0 Å². The van der Waals surface area contributed by atoms with Crippen molar-refractivity contribution in [2.75, 3.05) is 0 Å². The summed E-state index contributed by atoms with van der Waals surface area (Å²) in [7, 11) is 0. The Kier molecular flexibility index (Phi) is 10.5. The zero-order valence-electron chi connectivity index (χ0n) is 26.1. The van der Waals surface area contributed by atoms with Gasteiger partial charge in [0.2, 0.25) is 0 Å². The Morgan fingerprint density at radius 2 is 1.14 bits per heavy atom. The zero-order valence-corrected chi connectivity index (χ0v) is 30.1. The Balaban J connectivity index is 0.00000161. The minimum atomic E-state index is -0.0665. The molecule has 4 aromatic rings. The second kappa shape index (κ2) is 12.8. The second-order valence-electron chi connectivity index (χ2n) is 12.6. The van der Waals surface area contributed by atoms with Crippen molar-refractivity contribution in [1.82, 2.24) is 0 Å². The van der Waals surface area contributed by atoms with Crippen LogP contribution in [0.1, 0.15) is 70.3 Å². The molecule has 0 nitrogen and oxygen atoms in total. The Bertz CT molecular complexity index is 1690. The fraction of sp³-hybridized carbons (Fsp3) is 0.282. The van der Waals surface area contributed by atoms with Crippen molar-refractivity contribution in [3.63, 3.8) is 0 Å². The molecule has 6 rings (SSSR count). The average Bonchev–Trinajstić information content (AvgIpc) is 3.51. The molecule has 42 heavy (non-hydrogen) atoms. The fourth-order valence-corrected chi connectivity index (χ4v) is 7.67. The first kappa shape index (κ1) is 34.3. The van der Waals surface area contributed by atoms with Gasteiger partial charge in [-0.05, 0) is 127 Å². The zero-order chi connectivity index (χ0) is 27.6. The summed E-state index contributed by atoms with van der Waals surface area (Å²) in [4.78, 5) is 0. The SMILES string of the molecule is Cc1cc(C)c(-c2ccc3c(c2)Cc2c-3ccc(-c3c(C)cc(C)cc3C)c2C(C)(C)C2=CC=CC2)c(C)c1.[Cl-].[Cl-].[Zr+2]. The maximum Gasteiger partial charge on any atom is 2.00 e. The largest absolute Gasteiger partial charge is 2.00 e. The quantitative estimate of drug-likeness (QED) is 0.262. The molecule has 0 amide bonds. The summed E-state index contributed by atoms with van der Waals surface area (Å²) in [5, 5.41) is 0. The van der Waals surface area contributed by atoms with Crippen LogP contribution >= 0.6 is 0 Å². The van der Waals surface area contributed by atoms with E-state index in [2.05, 4.69) is 128 Å². The molecule has 0 fully saturated rings. The predicted molar refractivity (Wildman–Crippen MR) is 169 cm³/mol. The molecule has 2 aliphatic rings. The van der Waals surface area contributed by atoms with Gasteiger partial charge in [-0.2, -0.15) is 0 Å².